The van der Waals surface area contributed by atoms with Gasteiger partial charge in [-0.25, -0.2) is 0 Å². The van der Waals surface area contributed by atoms with E-state index in [1.54, 1.807) is 5.57 Å². The van der Waals surface area contributed by atoms with Crippen molar-refractivity contribution in [2.75, 3.05) is 6.54 Å². The number of hydrogen-bond donors (Lipinski definition) is 1. The molecule has 1 nitrogen and oxygen atoms in total. The number of nitrogens with one attached hydrogen (secondary N) is 1. The number of rotatable bonds is 5. The van der Waals surface area contributed by atoms with E-state index >= 15 is 0 Å². The molecular weight excluding hydrogens is 274 g/mol. The number of allylic oxidation sites excluding steroid dienone is 1. The summed E-state index contributed by atoms with van der Waals surface area (Å²) in [5.41, 5.74) is 2.94. The zero-order valence-corrected chi connectivity index (χ0v) is 12.0. The van der Waals surface area contributed by atoms with Gasteiger partial charge in [-0.2, -0.15) is 0 Å². The highest BCUT2D eigenvalue weighted by molar-refractivity contribution is 9.10. The molecule has 0 radical (unpaired) electrons. The number of halogens is 1. The van der Waals surface area contributed by atoms with E-state index in [0.717, 1.165) is 11.0 Å². The van der Waals surface area contributed by atoms with Crippen molar-refractivity contribution in [3.63, 3.8) is 0 Å². The van der Waals surface area contributed by atoms with Crippen LogP contribution in [0, 0.1) is 0 Å². The molecule has 2 heteroatoms. The maximum atomic E-state index is 3.67. The van der Waals surface area contributed by atoms with Crippen molar-refractivity contribution >= 4 is 15.9 Å². The van der Waals surface area contributed by atoms with Gasteiger partial charge in [0.25, 0.3) is 0 Å². The van der Waals surface area contributed by atoms with E-state index in [9.17, 15) is 0 Å². The molecule has 0 amide bonds. The molecule has 1 atom stereocenters. The SMILES string of the molecule is CCCNC(C1=CCCC1)c1cccc(Br)c1. The van der Waals surface area contributed by atoms with Gasteiger partial charge < -0.3 is 5.32 Å². The minimum absolute atomic E-state index is 0.412. The number of benzene rings is 1. The van der Waals surface area contributed by atoms with Crippen LogP contribution >= 0.6 is 15.9 Å². The Hall–Kier alpha value is -0.600. The van der Waals surface area contributed by atoms with E-state index in [1.165, 1.54) is 31.2 Å². The summed E-state index contributed by atoms with van der Waals surface area (Å²) >= 11 is 3.56. The maximum Gasteiger partial charge on any atom is 0.0536 e. The number of hydrogen-bond acceptors (Lipinski definition) is 1. The normalized spacial score (nSPS) is 16.9. The van der Waals surface area contributed by atoms with Crippen molar-refractivity contribution in [1.29, 1.82) is 0 Å². The average molecular weight is 294 g/mol. The van der Waals surface area contributed by atoms with Crippen molar-refractivity contribution in [1.82, 2.24) is 5.32 Å². The molecule has 1 aromatic carbocycles. The lowest BCUT2D eigenvalue weighted by Gasteiger charge is -2.21. The standard InChI is InChI=1S/C15H20BrN/c1-2-10-17-15(12-6-3-4-7-12)13-8-5-9-14(16)11-13/h5-6,8-9,11,15,17H,2-4,7,10H2,1H3. The second-order valence-corrected chi connectivity index (χ2v) is 5.53. The Morgan fingerprint density at radius 2 is 2.29 bits per heavy atom. The van der Waals surface area contributed by atoms with E-state index in [1.807, 2.05) is 0 Å². The van der Waals surface area contributed by atoms with Gasteiger partial charge in [-0.15, -0.1) is 0 Å². The van der Waals surface area contributed by atoms with Crippen LogP contribution in [-0.4, -0.2) is 6.54 Å². The van der Waals surface area contributed by atoms with E-state index in [0.29, 0.717) is 6.04 Å². The van der Waals surface area contributed by atoms with Crippen LogP contribution in [-0.2, 0) is 0 Å². The predicted octanol–water partition coefficient (Wildman–Crippen LogP) is 4.60. The lowest BCUT2D eigenvalue weighted by Crippen LogP contribution is -2.23. The van der Waals surface area contributed by atoms with Crippen molar-refractivity contribution < 1.29 is 0 Å². The second kappa shape index (κ2) is 6.36. The third-order valence-electron chi connectivity index (χ3n) is 3.23. The first-order chi connectivity index (χ1) is 8.31. The highest BCUT2D eigenvalue weighted by atomic mass is 79.9. The van der Waals surface area contributed by atoms with Gasteiger partial charge in [-0.3, -0.25) is 0 Å². The Labute approximate surface area is 112 Å². The summed E-state index contributed by atoms with van der Waals surface area (Å²) < 4.78 is 1.16. The van der Waals surface area contributed by atoms with Crippen LogP contribution in [0.4, 0.5) is 0 Å². The molecule has 0 spiro atoms. The smallest absolute Gasteiger partial charge is 0.0536 e. The van der Waals surface area contributed by atoms with E-state index < -0.39 is 0 Å². The largest absolute Gasteiger partial charge is 0.307 e. The van der Waals surface area contributed by atoms with Crippen molar-refractivity contribution in [3.8, 4) is 0 Å². The second-order valence-electron chi connectivity index (χ2n) is 4.61. The lowest BCUT2D eigenvalue weighted by molar-refractivity contribution is 0.578. The summed E-state index contributed by atoms with van der Waals surface area (Å²) in [6, 6.07) is 9.07. The zero-order valence-electron chi connectivity index (χ0n) is 10.4. The third-order valence-corrected chi connectivity index (χ3v) is 3.72. The third kappa shape index (κ3) is 3.43. The Kier molecular flexibility index (Phi) is 4.81. The molecule has 0 heterocycles. The van der Waals surface area contributed by atoms with Gasteiger partial charge in [0.15, 0.2) is 0 Å². The van der Waals surface area contributed by atoms with Gasteiger partial charge in [0.1, 0.15) is 0 Å². The molecule has 0 aromatic heterocycles. The summed E-state index contributed by atoms with van der Waals surface area (Å²) in [6.07, 6.45) is 7.39. The fraction of sp³-hybridized carbons (Fsp3) is 0.467. The van der Waals surface area contributed by atoms with Gasteiger partial charge in [0.05, 0.1) is 6.04 Å². The lowest BCUT2D eigenvalue weighted by atomic mass is 9.98. The summed E-state index contributed by atoms with van der Waals surface area (Å²) in [6.45, 7) is 3.29. The van der Waals surface area contributed by atoms with Crippen LogP contribution in [0.5, 0.6) is 0 Å². The van der Waals surface area contributed by atoms with E-state index in [2.05, 4.69) is 58.5 Å². The first-order valence-corrected chi connectivity index (χ1v) is 7.28. The van der Waals surface area contributed by atoms with Crippen LogP contribution in [0.15, 0.2) is 40.4 Å². The van der Waals surface area contributed by atoms with Gasteiger partial charge >= 0.3 is 0 Å². The zero-order chi connectivity index (χ0) is 12.1. The molecule has 1 N–H and O–H groups in total. The molecule has 17 heavy (non-hydrogen) atoms. The van der Waals surface area contributed by atoms with Crippen LogP contribution in [0.1, 0.15) is 44.2 Å². The Balaban J connectivity index is 2.19. The topological polar surface area (TPSA) is 12.0 Å². The molecular formula is C15H20BrN. The molecule has 1 aliphatic rings. The summed E-state index contributed by atoms with van der Waals surface area (Å²) in [5.74, 6) is 0. The Morgan fingerprint density at radius 3 is 2.94 bits per heavy atom. The molecule has 0 fully saturated rings. The molecule has 0 saturated heterocycles. The molecule has 2 rings (SSSR count). The van der Waals surface area contributed by atoms with E-state index in [-0.39, 0.29) is 0 Å². The Morgan fingerprint density at radius 1 is 1.41 bits per heavy atom. The van der Waals surface area contributed by atoms with Crippen molar-refractivity contribution in [3.05, 3.63) is 46.0 Å². The first kappa shape index (κ1) is 12.8. The fourth-order valence-corrected chi connectivity index (χ4v) is 2.81. The van der Waals surface area contributed by atoms with Gasteiger partial charge in [0, 0.05) is 4.47 Å². The summed E-state index contributed by atoms with van der Waals surface area (Å²) in [5, 5.41) is 3.67. The van der Waals surface area contributed by atoms with E-state index in [4.69, 9.17) is 0 Å². The monoisotopic (exact) mass is 293 g/mol. The van der Waals surface area contributed by atoms with Crippen LogP contribution < -0.4 is 5.32 Å². The predicted molar refractivity (Wildman–Crippen MR) is 77.1 cm³/mol. The van der Waals surface area contributed by atoms with Gasteiger partial charge in [-0.1, -0.05) is 46.6 Å². The highest BCUT2D eigenvalue weighted by Crippen LogP contribution is 2.31. The Bertz CT molecular complexity index is 398. The minimum Gasteiger partial charge on any atom is -0.307 e. The van der Waals surface area contributed by atoms with Crippen LogP contribution in [0.2, 0.25) is 0 Å². The first-order valence-electron chi connectivity index (χ1n) is 6.49. The molecule has 0 aliphatic heterocycles. The molecule has 0 saturated carbocycles. The summed E-state index contributed by atoms with van der Waals surface area (Å²) in [4.78, 5) is 0. The molecule has 92 valence electrons. The highest BCUT2D eigenvalue weighted by Gasteiger charge is 2.18. The minimum atomic E-state index is 0.412. The fourth-order valence-electron chi connectivity index (χ4n) is 2.40. The summed E-state index contributed by atoms with van der Waals surface area (Å²) in [7, 11) is 0. The van der Waals surface area contributed by atoms with Crippen molar-refractivity contribution in [2.24, 2.45) is 0 Å². The van der Waals surface area contributed by atoms with Gasteiger partial charge in [0.2, 0.25) is 0 Å². The molecule has 0 bridgehead atoms. The van der Waals surface area contributed by atoms with Gasteiger partial charge in [-0.05, 0) is 49.9 Å². The quantitative estimate of drug-likeness (QED) is 0.783. The maximum absolute atomic E-state index is 3.67. The average Bonchev–Trinajstić information content (AvgIpc) is 2.83. The molecule has 1 aromatic rings. The molecule has 1 unspecified atom stereocenters. The van der Waals surface area contributed by atoms with Crippen LogP contribution in [0.25, 0.3) is 0 Å². The van der Waals surface area contributed by atoms with Crippen molar-refractivity contribution in [2.45, 2.75) is 38.6 Å². The van der Waals surface area contributed by atoms with Crippen LogP contribution in [0.3, 0.4) is 0 Å². The molecule has 1 aliphatic carbocycles.